The first kappa shape index (κ1) is 27.6. The van der Waals surface area contributed by atoms with Crippen molar-refractivity contribution in [3.8, 4) is 11.5 Å². The summed E-state index contributed by atoms with van der Waals surface area (Å²) in [5.74, 6) is -1.43. The second kappa shape index (κ2) is 13.3. The summed E-state index contributed by atoms with van der Waals surface area (Å²) in [6.07, 6.45) is 12.9. The zero-order valence-electron chi connectivity index (χ0n) is 20.9. The van der Waals surface area contributed by atoms with Crippen molar-refractivity contribution in [2.75, 3.05) is 19.8 Å². The van der Waals surface area contributed by atoms with Gasteiger partial charge in [-0.15, -0.1) is 0 Å². The summed E-state index contributed by atoms with van der Waals surface area (Å²) in [5, 5.41) is 24.7. The zero-order valence-corrected chi connectivity index (χ0v) is 21.7. The smallest absolute Gasteiger partial charge is 0.342 e. The van der Waals surface area contributed by atoms with Gasteiger partial charge in [-0.05, 0) is 56.1 Å². The highest BCUT2D eigenvalue weighted by molar-refractivity contribution is 6.33. The molecular formula is C27H35ClN2O6. The van der Waals surface area contributed by atoms with Crippen LogP contribution in [0.5, 0.6) is 11.5 Å². The third-order valence-electron chi connectivity index (χ3n) is 6.47. The van der Waals surface area contributed by atoms with E-state index in [2.05, 4.69) is 19.0 Å². The van der Waals surface area contributed by atoms with Crippen molar-refractivity contribution in [2.24, 2.45) is 11.1 Å². The third-order valence-corrected chi connectivity index (χ3v) is 6.89. The Bertz CT molecular complexity index is 1040. The molecule has 2 aliphatic rings. The van der Waals surface area contributed by atoms with Crippen LogP contribution in [0.4, 0.5) is 0 Å². The van der Waals surface area contributed by atoms with E-state index < -0.39 is 11.7 Å². The maximum Gasteiger partial charge on any atom is 0.342 e. The van der Waals surface area contributed by atoms with Crippen LogP contribution in [0.15, 0.2) is 35.5 Å². The minimum absolute atomic E-state index is 0.0264. The number of phenols is 2. The van der Waals surface area contributed by atoms with Gasteiger partial charge < -0.3 is 24.7 Å². The summed E-state index contributed by atoms with van der Waals surface area (Å²) >= 11 is 6.35. The van der Waals surface area contributed by atoms with Gasteiger partial charge in [-0.2, -0.15) is 0 Å². The number of oxime groups is 1. The van der Waals surface area contributed by atoms with E-state index in [1.807, 2.05) is 23.1 Å². The van der Waals surface area contributed by atoms with Crippen molar-refractivity contribution >= 4 is 29.2 Å². The van der Waals surface area contributed by atoms with Crippen LogP contribution < -0.4 is 0 Å². The molecule has 9 heteroatoms. The first-order valence-electron chi connectivity index (χ1n) is 12.5. The Balaban J connectivity index is 1.88. The number of halogens is 1. The number of hydrogen-bond donors (Lipinski definition) is 2. The molecule has 2 atom stereocenters. The van der Waals surface area contributed by atoms with Crippen molar-refractivity contribution in [1.82, 2.24) is 4.90 Å². The lowest BCUT2D eigenvalue weighted by Gasteiger charge is -2.34. The number of carbonyl (C=O) groups is 2. The van der Waals surface area contributed by atoms with Gasteiger partial charge in [-0.1, -0.05) is 48.8 Å². The van der Waals surface area contributed by atoms with E-state index in [0.29, 0.717) is 18.7 Å². The molecular weight excluding hydrogens is 484 g/mol. The van der Waals surface area contributed by atoms with Crippen LogP contribution in [0.1, 0.15) is 68.3 Å². The maximum absolute atomic E-state index is 12.8. The molecule has 2 unspecified atom stereocenters. The van der Waals surface area contributed by atoms with Gasteiger partial charge in [0, 0.05) is 25.1 Å². The summed E-state index contributed by atoms with van der Waals surface area (Å²) in [7, 11) is 0. The molecule has 0 saturated carbocycles. The number of piperidine rings is 1. The zero-order chi connectivity index (χ0) is 26.1. The highest BCUT2D eigenvalue weighted by Gasteiger charge is 2.26. The molecule has 2 N–H and O–H groups in total. The first-order valence-corrected chi connectivity index (χ1v) is 12.9. The second-order valence-corrected chi connectivity index (χ2v) is 9.61. The van der Waals surface area contributed by atoms with E-state index in [4.69, 9.17) is 21.2 Å². The van der Waals surface area contributed by atoms with E-state index in [9.17, 15) is 19.8 Å². The number of allylic oxidation sites excluding steroid dienone is 3. The van der Waals surface area contributed by atoms with Crippen molar-refractivity contribution in [3.63, 3.8) is 0 Å². The fourth-order valence-corrected chi connectivity index (χ4v) is 4.72. The number of fused-ring (bicyclic) bond motifs is 1. The number of likely N-dealkylation sites (tertiary alicyclic amines) is 1. The topological polar surface area (TPSA) is 109 Å². The fraction of sp³-hybridized carbons (Fsp3) is 0.519. The first-order chi connectivity index (χ1) is 17.3. The Morgan fingerprint density at radius 1 is 1.28 bits per heavy atom. The summed E-state index contributed by atoms with van der Waals surface area (Å²) in [5.41, 5.74) is 0.409. The molecule has 1 fully saturated rings. The molecule has 2 heterocycles. The Labute approximate surface area is 217 Å². The summed E-state index contributed by atoms with van der Waals surface area (Å²) in [6.45, 7) is 4.78. The molecule has 0 radical (unpaired) electrons. The molecule has 1 saturated heterocycles. The highest BCUT2D eigenvalue weighted by Crippen LogP contribution is 2.37. The molecule has 1 aromatic rings. The average Bonchev–Trinajstić information content (AvgIpc) is 2.86. The molecule has 2 aliphatic heterocycles. The number of esters is 1. The number of amides is 1. The van der Waals surface area contributed by atoms with Crippen LogP contribution in [0, 0.1) is 5.92 Å². The van der Waals surface area contributed by atoms with Crippen molar-refractivity contribution in [3.05, 3.63) is 46.5 Å². The fourth-order valence-electron chi connectivity index (χ4n) is 4.50. The summed E-state index contributed by atoms with van der Waals surface area (Å²) < 4.78 is 5.33. The maximum atomic E-state index is 12.8. The highest BCUT2D eigenvalue weighted by atomic mass is 35.5. The number of ether oxygens (including phenoxy) is 1. The largest absolute Gasteiger partial charge is 0.507 e. The van der Waals surface area contributed by atoms with E-state index in [0.717, 1.165) is 38.2 Å². The number of phenolic OH excluding ortho intramolecular Hbond substituents is 2. The van der Waals surface area contributed by atoms with Gasteiger partial charge in [0.25, 0.3) is 5.91 Å². The monoisotopic (exact) mass is 518 g/mol. The van der Waals surface area contributed by atoms with Gasteiger partial charge in [-0.3, -0.25) is 4.79 Å². The van der Waals surface area contributed by atoms with Gasteiger partial charge in [0.1, 0.15) is 17.1 Å². The van der Waals surface area contributed by atoms with Crippen LogP contribution in [0.2, 0.25) is 5.02 Å². The van der Waals surface area contributed by atoms with Gasteiger partial charge in [-0.25, -0.2) is 4.79 Å². The number of carbonyl (C=O) groups excluding carboxylic acids is 2. The van der Waals surface area contributed by atoms with Gasteiger partial charge in [0.2, 0.25) is 0 Å². The van der Waals surface area contributed by atoms with E-state index in [1.165, 1.54) is 0 Å². The average molecular weight is 519 g/mol. The Morgan fingerprint density at radius 2 is 2.08 bits per heavy atom. The van der Waals surface area contributed by atoms with Gasteiger partial charge in [0.15, 0.2) is 6.61 Å². The quantitative estimate of drug-likeness (QED) is 0.324. The predicted octanol–water partition coefficient (Wildman–Crippen LogP) is 5.16. The standard InChI is InChI=1S/C27H35ClN2O6/c1-3-20-12-4-6-13-30(20)24(33)17-36-29-19-11-8-10-18(2)9-5-7-14-35-27(34)25-21(15-19)26(28)23(32)16-22(25)31/h5,8-9,11,16,18,20,31-32H,3-4,6-7,10,12-15,17H2,1-2H3/b9-5+,11-8+,29-19+. The van der Waals surface area contributed by atoms with Crippen molar-refractivity contribution in [2.45, 2.75) is 64.8 Å². The van der Waals surface area contributed by atoms with E-state index >= 15 is 0 Å². The molecule has 0 aromatic heterocycles. The summed E-state index contributed by atoms with van der Waals surface area (Å²) in [6, 6.07) is 1.23. The molecule has 36 heavy (non-hydrogen) atoms. The predicted molar refractivity (Wildman–Crippen MR) is 138 cm³/mol. The Hall–Kier alpha value is -3.00. The normalized spacial score (nSPS) is 24.4. The number of rotatable bonds is 4. The number of hydrogen-bond acceptors (Lipinski definition) is 7. The van der Waals surface area contributed by atoms with Crippen LogP contribution in [0.25, 0.3) is 0 Å². The SMILES string of the molecule is CCC1CCCCN1C(=O)CO/N=C1\C=C\CC(C)/C=C/CCOC(=O)c2c(O)cc(O)c(Cl)c2C1. The summed E-state index contributed by atoms with van der Waals surface area (Å²) in [4.78, 5) is 32.9. The third kappa shape index (κ3) is 7.26. The lowest BCUT2D eigenvalue weighted by Crippen LogP contribution is -2.44. The number of benzene rings is 1. The van der Waals surface area contributed by atoms with Crippen molar-refractivity contribution in [1.29, 1.82) is 0 Å². The van der Waals surface area contributed by atoms with Crippen LogP contribution >= 0.6 is 11.6 Å². The van der Waals surface area contributed by atoms with Crippen molar-refractivity contribution < 1.29 is 29.4 Å². The number of aromatic hydroxyl groups is 2. The Kier molecular flexibility index (Phi) is 10.2. The molecule has 0 spiro atoms. The molecule has 1 aromatic carbocycles. The molecule has 0 aliphatic carbocycles. The molecule has 8 nitrogen and oxygen atoms in total. The number of cyclic esters (lactones) is 1. The number of nitrogens with zero attached hydrogens (tertiary/aromatic N) is 2. The second-order valence-electron chi connectivity index (χ2n) is 9.23. The molecule has 0 bridgehead atoms. The van der Waals surface area contributed by atoms with Crippen LogP contribution in [-0.4, -0.2) is 58.5 Å². The lowest BCUT2D eigenvalue weighted by atomic mass is 9.99. The van der Waals surface area contributed by atoms with Crippen LogP contribution in [0.3, 0.4) is 0 Å². The Morgan fingerprint density at radius 3 is 2.86 bits per heavy atom. The molecule has 196 valence electrons. The van der Waals surface area contributed by atoms with Crippen LogP contribution in [-0.2, 0) is 20.8 Å². The van der Waals surface area contributed by atoms with E-state index in [-0.39, 0.29) is 59.4 Å². The minimum Gasteiger partial charge on any atom is -0.507 e. The lowest BCUT2D eigenvalue weighted by molar-refractivity contribution is -0.139. The molecule has 1 amide bonds. The van der Waals surface area contributed by atoms with E-state index in [1.54, 1.807) is 6.08 Å². The minimum atomic E-state index is -0.752. The molecule has 3 rings (SSSR count). The van der Waals surface area contributed by atoms with Gasteiger partial charge >= 0.3 is 5.97 Å². The van der Waals surface area contributed by atoms with Gasteiger partial charge in [0.05, 0.1) is 17.3 Å².